The van der Waals surface area contributed by atoms with Crippen molar-refractivity contribution >= 4 is 0 Å². The summed E-state index contributed by atoms with van der Waals surface area (Å²) in [6.45, 7) is 8.21. The molecule has 19 heavy (non-hydrogen) atoms. The van der Waals surface area contributed by atoms with Crippen molar-refractivity contribution in [2.24, 2.45) is 5.41 Å². The van der Waals surface area contributed by atoms with Crippen molar-refractivity contribution in [3.05, 3.63) is 29.3 Å². The molecule has 0 aromatic heterocycles. The molecule has 0 aliphatic rings. The lowest BCUT2D eigenvalue weighted by Crippen LogP contribution is -2.10. The van der Waals surface area contributed by atoms with E-state index < -0.39 is 6.10 Å². The van der Waals surface area contributed by atoms with Gasteiger partial charge in [-0.05, 0) is 63.8 Å². The van der Waals surface area contributed by atoms with Crippen molar-refractivity contribution < 1.29 is 9.84 Å². The molecular formula is C16H23NO2. The SMILES string of the molecule is Cc1cc([C@@H](C)O)ccc1OCCCC(C)(C)C#N. The molecular weight excluding hydrogens is 238 g/mol. The maximum atomic E-state index is 9.50. The molecule has 3 nitrogen and oxygen atoms in total. The third-order valence-electron chi connectivity index (χ3n) is 3.19. The van der Waals surface area contributed by atoms with Gasteiger partial charge in [-0.1, -0.05) is 6.07 Å². The summed E-state index contributed by atoms with van der Waals surface area (Å²) in [6.07, 6.45) is 1.23. The second-order valence-corrected chi connectivity index (χ2v) is 5.65. The van der Waals surface area contributed by atoms with Gasteiger partial charge in [-0.3, -0.25) is 0 Å². The average Bonchev–Trinajstić information content (AvgIpc) is 2.36. The van der Waals surface area contributed by atoms with Gasteiger partial charge in [0.2, 0.25) is 0 Å². The first kappa shape index (κ1) is 15.5. The first-order valence-corrected chi connectivity index (χ1v) is 6.68. The molecule has 1 rings (SSSR count). The molecule has 0 spiro atoms. The second-order valence-electron chi connectivity index (χ2n) is 5.65. The second kappa shape index (κ2) is 6.58. The topological polar surface area (TPSA) is 53.2 Å². The molecule has 3 heteroatoms. The summed E-state index contributed by atoms with van der Waals surface area (Å²) in [5.41, 5.74) is 1.64. The van der Waals surface area contributed by atoms with Crippen LogP contribution in [0.25, 0.3) is 0 Å². The van der Waals surface area contributed by atoms with Crippen molar-refractivity contribution in [1.82, 2.24) is 0 Å². The first-order valence-electron chi connectivity index (χ1n) is 6.68. The number of nitrogens with zero attached hydrogens (tertiary/aromatic N) is 1. The Bertz CT molecular complexity index is 458. The molecule has 0 amide bonds. The van der Waals surface area contributed by atoms with E-state index in [0.29, 0.717) is 6.61 Å². The Labute approximate surface area is 115 Å². The van der Waals surface area contributed by atoms with Gasteiger partial charge in [0, 0.05) is 0 Å². The molecule has 0 radical (unpaired) electrons. The van der Waals surface area contributed by atoms with Crippen molar-refractivity contribution in [2.75, 3.05) is 6.61 Å². The predicted octanol–water partition coefficient (Wildman–Crippen LogP) is 3.76. The summed E-state index contributed by atoms with van der Waals surface area (Å²) < 4.78 is 5.72. The highest BCUT2D eigenvalue weighted by molar-refractivity contribution is 5.36. The Hall–Kier alpha value is -1.53. The van der Waals surface area contributed by atoms with Gasteiger partial charge in [-0.25, -0.2) is 0 Å². The lowest BCUT2D eigenvalue weighted by atomic mass is 9.90. The van der Waals surface area contributed by atoms with Gasteiger partial charge in [0.15, 0.2) is 0 Å². The molecule has 0 aliphatic heterocycles. The third kappa shape index (κ3) is 4.92. The fourth-order valence-electron chi connectivity index (χ4n) is 1.85. The van der Waals surface area contributed by atoms with Crippen LogP contribution >= 0.6 is 0 Å². The lowest BCUT2D eigenvalue weighted by molar-refractivity contribution is 0.199. The van der Waals surface area contributed by atoms with E-state index in [4.69, 9.17) is 10.00 Å². The predicted molar refractivity (Wildman–Crippen MR) is 75.9 cm³/mol. The van der Waals surface area contributed by atoms with E-state index in [1.165, 1.54) is 0 Å². The van der Waals surface area contributed by atoms with Gasteiger partial charge >= 0.3 is 0 Å². The molecule has 0 saturated carbocycles. The molecule has 1 aromatic rings. The summed E-state index contributed by atoms with van der Waals surface area (Å²) in [7, 11) is 0. The molecule has 0 aliphatic carbocycles. The zero-order valence-corrected chi connectivity index (χ0v) is 12.2. The molecule has 0 fully saturated rings. The molecule has 0 unspecified atom stereocenters. The standard InChI is InChI=1S/C16H23NO2/c1-12-10-14(13(2)18)6-7-15(12)19-9-5-8-16(3,4)11-17/h6-7,10,13,18H,5,8-9H2,1-4H3/t13-/m1/s1. The minimum Gasteiger partial charge on any atom is -0.493 e. The molecule has 1 atom stereocenters. The van der Waals surface area contributed by atoms with Crippen LogP contribution in [-0.2, 0) is 0 Å². The van der Waals surface area contributed by atoms with Crippen LogP contribution in [0.15, 0.2) is 18.2 Å². The number of aryl methyl sites for hydroxylation is 1. The highest BCUT2D eigenvalue weighted by Crippen LogP contribution is 2.24. The number of benzene rings is 1. The number of hydrogen-bond acceptors (Lipinski definition) is 3. The number of nitriles is 1. The summed E-state index contributed by atoms with van der Waals surface area (Å²) in [6, 6.07) is 8.01. The zero-order chi connectivity index (χ0) is 14.5. The smallest absolute Gasteiger partial charge is 0.122 e. The van der Waals surface area contributed by atoms with E-state index in [1.54, 1.807) is 6.92 Å². The largest absolute Gasteiger partial charge is 0.493 e. The highest BCUT2D eigenvalue weighted by atomic mass is 16.5. The minimum absolute atomic E-state index is 0.283. The molecule has 1 aromatic carbocycles. The van der Waals surface area contributed by atoms with Gasteiger partial charge in [-0.2, -0.15) is 5.26 Å². The highest BCUT2D eigenvalue weighted by Gasteiger charge is 2.15. The van der Waals surface area contributed by atoms with Crippen LogP contribution in [0, 0.1) is 23.7 Å². The van der Waals surface area contributed by atoms with Crippen LogP contribution < -0.4 is 4.74 Å². The average molecular weight is 261 g/mol. The third-order valence-corrected chi connectivity index (χ3v) is 3.19. The van der Waals surface area contributed by atoms with Gasteiger partial charge in [0.25, 0.3) is 0 Å². The van der Waals surface area contributed by atoms with Gasteiger partial charge in [-0.15, -0.1) is 0 Å². The van der Waals surface area contributed by atoms with Crippen molar-refractivity contribution in [1.29, 1.82) is 5.26 Å². The van der Waals surface area contributed by atoms with Gasteiger partial charge < -0.3 is 9.84 Å². The first-order chi connectivity index (χ1) is 8.85. The van der Waals surface area contributed by atoms with Crippen molar-refractivity contribution in [3.8, 4) is 11.8 Å². The Balaban J connectivity index is 2.49. The summed E-state index contributed by atoms with van der Waals surface area (Å²) in [5, 5.41) is 18.4. The Morgan fingerprint density at radius 1 is 1.42 bits per heavy atom. The van der Waals surface area contributed by atoms with Crippen molar-refractivity contribution in [2.45, 2.75) is 46.6 Å². The molecule has 0 heterocycles. The van der Waals surface area contributed by atoms with Crippen LogP contribution in [0.4, 0.5) is 0 Å². The lowest BCUT2D eigenvalue weighted by Gasteiger charge is -2.16. The summed E-state index contributed by atoms with van der Waals surface area (Å²) in [4.78, 5) is 0. The van der Waals surface area contributed by atoms with E-state index in [9.17, 15) is 5.11 Å². The fourth-order valence-corrected chi connectivity index (χ4v) is 1.85. The summed E-state index contributed by atoms with van der Waals surface area (Å²) >= 11 is 0. The van der Waals surface area contributed by atoms with E-state index in [1.807, 2.05) is 39.0 Å². The van der Waals surface area contributed by atoms with Crippen LogP contribution in [0.2, 0.25) is 0 Å². The molecule has 0 bridgehead atoms. The monoisotopic (exact) mass is 261 g/mol. The molecule has 1 N–H and O–H groups in total. The van der Waals surface area contributed by atoms with E-state index in [0.717, 1.165) is 29.7 Å². The van der Waals surface area contributed by atoms with Crippen LogP contribution in [0.5, 0.6) is 5.75 Å². The minimum atomic E-state index is -0.454. The molecule has 0 saturated heterocycles. The maximum Gasteiger partial charge on any atom is 0.122 e. The van der Waals surface area contributed by atoms with Gasteiger partial charge in [0.05, 0.1) is 24.2 Å². The Morgan fingerprint density at radius 3 is 2.63 bits per heavy atom. The zero-order valence-electron chi connectivity index (χ0n) is 12.2. The maximum absolute atomic E-state index is 9.50. The number of aliphatic hydroxyl groups excluding tert-OH is 1. The van der Waals surface area contributed by atoms with E-state index >= 15 is 0 Å². The van der Waals surface area contributed by atoms with Crippen LogP contribution in [0.3, 0.4) is 0 Å². The van der Waals surface area contributed by atoms with E-state index in [-0.39, 0.29) is 5.41 Å². The van der Waals surface area contributed by atoms with Crippen LogP contribution in [-0.4, -0.2) is 11.7 Å². The van der Waals surface area contributed by atoms with Crippen LogP contribution in [0.1, 0.15) is 50.8 Å². The summed E-state index contributed by atoms with van der Waals surface area (Å²) in [5.74, 6) is 0.846. The van der Waals surface area contributed by atoms with Gasteiger partial charge in [0.1, 0.15) is 5.75 Å². The molecule has 104 valence electrons. The number of rotatable bonds is 6. The number of hydrogen-bond donors (Lipinski definition) is 1. The normalized spacial score (nSPS) is 12.8. The number of ether oxygens (including phenoxy) is 1. The Kier molecular flexibility index (Phi) is 5.38. The fraction of sp³-hybridized carbons (Fsp3) is 0.562. The van der Waals surface area contributed by atoms with E-state index in [2.05, 4.69) is 6.07 Å². The Morgan fingerprint density at radius 2 is 2.11 bits per heavy atom. The van der Waals surface area contributed by atoms with Crippen molar-refractivity contribution in [3.63, 3.8) is 0 Å². The number of aliphatic hydroxyl groups is 1. The quantitative estimate of drug-likeness (QED) is 0.793.